The number of nitrogens with one attached hydrogen (secondary N) is 1. The second-order valence-electron chi connectivity index (χ2n) is 5.69. The summed E-state index contributed by atoms with van der Waals surface area (Å²) in [5, 5.41) is 3.11. The smallest absolute Gasteiger partial charge is 0.251 e. The summed E-state index contributed by atoms with van der Waals surface area (Å²) in [5.74, 6) is -0.0416. The molecular formula is C15H19Br2NO2. The van der Waals surface area contributed by atoms with Gasteiger partial charge in [-0.25, -0.2) is 0 Å². The third kappa shape index (κ3) is 3.26. The normalized spacial score (nSPS) is 24.1. The molecule has 1 aromatic rings. The van der Waals surface area contributed by atoms with E-state index in [9.17, 15) is 4.79 Å². The molecule has 0 radical (unpaired) electrons. The highest BCUT2D eigenvalue weighted by Crippen LogP contribution is 2.42. The van der Waals surface area contributed by atoms with Gasteiger partial charge in [0.15, 0.2) is 0 Å². The molecule has 1 N–H and O–H groups in total. The molecule has 1 amide bonds. The molecule has 0 aliphatic heterocycles. The van der Waals surface area contributed by atoms with E-state index < -0.39 is 0 Å². The van der Waals surface area contributed by atoms with E-state index in [1.54, 1.807) is 0 Å². The van der Waals surface area contributed by atoms with Crippen molar-refractivity contribution in [3.63, 3.8) is 0 Å². The lowest BCUT2D eigenvalue weighted by Crippen LogP contribution is -2.62. The molecule has 2 unspecified atom stereocenters. The van der Waals surface area contributed by atoms with Gasteiger partial charge >= 0.3 is 0 Å². The van der Waals surface area contributed by atoms with E-state index in [4.69, 9.17) is 4.74 Å². The van der Waals surface area contributed by atoms with Crippen LogP contribution in [0, 0.1) is 5.41 Å². The Morgan fingerprint density at radius 1 is 1.35 bits per heavy atom. The Hall–Kier alpha value is -0.390. The maximum absolute atomic E-state index is 12.3. The van der Waals surface area contributed by atoms with Gasteiger partial charge in [-0.15, -0.1) is 0 Å². The van der Waals surface area contributed by atoms with Crippen LogP contribution in [-0.4, -0.2) is 24.7 Å². The fourth-order valence-electron chi connectivity index (χ4n) is 2.54. The number of hydrogen-bond donors (Lipinski definition) is 1. The summed E-state index contributed by atoms with van der Waals surface area (Å²) in [6.45, 7) is 6.99. The summed E-state index contributed by atoms with van der Waals surface area (Å²) in [5.41, 5.74) is 0.636. The van der Waals surface area contributed by atoms with Crippen molar-refractivity contribution in [2.24, 2.45) is 5.41 Å². The lowest BCUT2D eigenvalue weighted by atomic mass is 9.64. The fourth-order valence-corrected chi connectivity index (χ4v) is 3.83. The molecule has 0 saturated heterocycles. The van der Waals surface area contributed by atoms with Gasteiger partial charge in [-0.1, -0.05) is 45.7 Å². The van der Waals surface area contributed by atoms with E-state index in [0.717, 1.165) is 15.4 Å². The van der Waals surface area contributed by atoms with Gasteiger partial charge in [0.25, 0.3) is 5.91 Å². The molecule has 0 aromatic heterocycles. The zero-order valence-electron chi connectivity index (χ0n) is 11.9. The van der Waals surface area contributed by atoms with Crippen molar-refractivity contribution >= 4 is 37.8 Å². The van der Waals surface area contributed by atoms with E-state index >= 15 is 0 Å². The quantitative estimate of drug-likeness (QED) is 0.818. The Morgan fingerprint density at radius 3 is 2.45 bits per heavy atom. The van der Waals surface area contributed by atoms with Crippen LogP contribution in [0.25, 0.3) is 0 Å². The summed E-state index contributed by atoms with van der Waals surface area (Å²) in [7, 11) is 0. The molecule has 0 spiro atoms. The van der Waals surface area contributed by atoms with E-state index in [2.05, 4.69) is 51.0 Å². The van der Waals surface area contributed by atoms with Gasteiger partial charge in [-0.3, -0.25) is 4.79 Å². The molecule has 0 heterocycles. The first-order valence-corrected chi connectivity index (χ1v) is 8.31. The predicted octanol–water partition coefficient (Wildman–Crippen LogP) is 4.15. The van der Waals surface area contributed by atoms with Crippen molar-refractivity contribution < 1.29 is 9.53 Å². The molecule has 2 atom stereocenters. The van der Waals surface area contributed by atoms with Crippen LogP contribution >= 0.6 is 31.9 Å². The molecule has 1 saturated carbocycles. The topological polar surface area (TPSA) is 38.3 Å². The molecule has 3 nitrogen and oxygen atoms in total. The summed E-state index contributed by atoms with van der Waals surface area (Å²) in [6, 6.07) is 5.72. The number of hydrogen-bond acceptors (Lipinski definition) is 2. The monoisotopic (exact) mass is 403 g/mol. The average molecular weight is 405 g/mol. The standard InChI is InChI=1S/C15H19Br2NO2/c1-4-20-13-8-12(15(13,2)3)18-14(19)9-5-10(16)7-11(17)6-9/h5-7,12-13H,4,8H2,1-3H3,(H,18,19). The van der Waals surface area contributed by atoms with Crippen molar-refractivity contribution in [2.45, 2.75) is 39.3 Å². The van der Waals surface area contributed by atoms with Gasteiger partial charge in [0.05, 0.1) is 6.10 Å². The number of halogens is 2. The van der Waals surface area contributed by atoms with E-state index in [1.807, 2.05) is 25.1 Å². The van der Waals surface area contributed by atoms with Crippen LogP contribution in [0.4, 0.5) is 0 Å². The third-order valence-corrected chi connectivity index (χ3v) is 4.89. The largest absolute Gasteiger partial charge is 0.378 e. The molecule has 0 bridgehead atoms. The van der Waals surface area contributed by atoms with Gasteiger partial charge in [-0.2, -0.15) is 0 Å². The van der Waals surface area contributed by atoms with Crippen molar-refractivity contribution in [3.8, 4) is 0 Å². The van der Waals surface area contributed by atoms with Gasteiger partial charge < -0.3 is 10.1 Å². The van der Waals surface area contributed by atoms with Crippen LogP contribution < -0.4 is 5.32 Å². The number of amides is 1. The van der Waals surface area contributed by atoms with Crippen LogP contribution in [0.2, 0.25) is 0 Å². The second-order valence-corrected chi connectivity index (χ2v) is 7.52. The molecule has 1 aliphatic rings. The van der Waals surface area contributed by atoms with Crippen LogP contribution in [-0.2, 0) is 4.74 Å². The van der Waals surface area contributed by atoms with Crippen molar-refractivity contribution in [1.29, 1.82) is 0 Å². The fraction of sp³-hybridized carbons (Fsp3) is 0.533. The highest BCUT2D eigenvalue weighted by molar-refractivity contribution is 9.11. The maximum atomic E-state index is 12.3. The van der Waals surface area contributed by atoms with Crippen LogP contribution in [0.3, 0.4) is 0 Å². The number of benzene rings is 1. The molecule has 110 valence electrons. The Balaban J connectivity index is 2.02. The SMILES string of the molecule is CCOC1CC(NC(=O)c2cc(Br)cc(Br)c2)C1(C)C. The van der Waals surface area contributed by atoms with Crippen molar-refractivity contribution in [3.05, 3.63) is 32.7 Å². The van der Waals surface area contributed by atoms with E-state index in [1.165, 1.54) is 0 Å². The molecule has 5 heteroatoms. The first-order chi connectivity index (χ1) is 9.34. The minimum absolute atomic E-state index is 0.0189. The minimum atomic E-state index is -0.0416. The highest BCUT2D eigenvalue weighted by Gasteiger charge is 2.49. The average Bonchev–Trinajstić information content (AvgIpc) is 2.36. The zero-order valence-corrected chi connectivity index (χ0v) is 15.0. The summed E-state index contributed by atoms with van der Waals surface area (Å²) in [6.07, 6.45) is 1.11. The van der Waals surface area contributed by atoms with Gasteiger partial charge in [0.2, 0.25) is 0 Å². The first kappa shape index (κ1) is 16.0. The summed E-state index contributed by atoms with van der Waals surface area (Å²) < 4.78 is 7.45. The van der Waals surface area contributed by atoms with Crippen LogP contribution in [0.15, 0.2) is 27.1 Å². The Kier molecular flexibility index (Phi) is 4.92. The number of ether oxygens (including phenoxy) is 1. The summed E-state index contributed by atoms with van der Waals surface area (Å²) in [4.78, 5) is 12.3. The van der Waals surface area contributed by atoms with Gasteiger partial charge in [0, 0.05) is 32.6 Å². The molecule has 2 rings (SSSR count). The maximum Gasteiger partial charge on any atom is 0.251 e. The van der Waals surface area contributed by atoms with Crippen LogP contribution in [0.5, 0.6) is 0 Å². The Morgan fingerprint density at radius 2 is 1.95 bits per heavy atom. The zero-order chi connectivity index (χ0) is 14.9. The van der Waals surface area contributed by atoms with Crippen LogP contribution in [0.1, 0.15) is 37.6 Å². The predicted molar refractivity (Wildman–Crippen MR) is 86.9 cm³/mol. The molecule has 20 heavy (non-hydrogen) atoms. The molecule has 1 aliphatic carbocycles. The molecule has 1 aromatic carbocycles. The number of rotatable bonds is 4. The Bertz CT molecular complexity index is 496. The van der Waals surface area contributed by atoms with Gasteiger partial charge in [-0.05, 0) is 31.5 Å². The van der Waals surface area contributed by atoms with Crippen molar-refractivity contribution in [2.75, 3.05) is 6.61 Å². The lowest BCUT2D eigenvalue weighted by Gasteiger charge is -2.51. The highest BCUT2D eigenvalue weighted by atomic mass is 79.9. The number of carbonyl (C=O) groups is 1. The van der Waals surface area contributed by atoms with Gasteiger partial charge in [0.1, 0.15) is 0 Å². The second kappa shape index (κ2) is 6.16. The minimum Gasteiger partial charge on any atom is -0.378 e. The van der Waals surface area contributed by atoms with E-state index in [-0.39, 0.29) is 23.5 Å². The molecule has 1 fully saturated rings. The molecular weight excluding hydrogens is 386 g/mol. The lowest BCUT2D eigenvalue weighted by molar-refractivity contribution is -0.111. The van der Waals surface area contributed by atoms with E-state index in [0.29, 0.717) is 12.2 Å². The Labute approximate surface area is 136 Å². The third-order valence-electron chi connectivity index (χ3n) is 3.98. The first-order valence-electron chi connectivity index (χ1n) is 6.73. The van der Waals surface area contributed by atoms with Crippen molar-refractivity contribution in [1.82, 2.24) is 5.32 Å². The number of carbonyl (C=O) groups excluding carboxylic acids is 1. The summed E-state index contributed by atoms with van der Waals surface area (Å²) >= 11 is 6.80.